The van der Waals surface area contributed by atoms with E-state index in [2.05, 4.69) is 66.5 Å². The number of allylic oxidation sites excluding steroid dienone is 2. The van der Waals surface area contributed by atoms with Crippen LogP contribution in [0.25, 0.3) is 16.7 Å². The normalized spacial score (nSPS) is 12.3. The SMILES string of the molecule is CCN=C(/C=C(\C)c1ccc(-c2ccccc2)cc1)c1ccc(Cl)cc1Cl. The Morgan fingerprint density at radius 1 is 0.889 bits per heavy atom. The van der Waals surface area contributed by atoms with Crippen LogP contribution in [0.5, 0.6) is 0 Å². The molecular weight excluding hydrogens is 373 g/mol. The molecule has 0 fully saturated rings. The van der Waals surface area contributed by atoms with E-state index in [0.29, 0.717) is 16.6 Å². The molecule has 0 radical (unpaired) electrons. The van der Waals surface area contributed by atoms with Crippen molar-refractivity contribution in [3.63, 3.8) is 0 Å². The van der Waals surface area contributed by atoms with Crippen molar-refractivity contribution in [2.45, 2.75) is 13.8 Å². The van der Waals surface area contributed by atoms with Crippen molar-refractivity contribution in [1.82, 2.24) is 0 Å². The Labute approximate surface area is 171 Å². The molecule has 27 heavy (non-hydrogen) atoms. The van der Waals surface area contributed by atoms with E-state index < -0.39 is 0 Å². The number of hydrogen-bond donors (Lipinski definition) is 0. The summed E-state index contributed by atoms with van der Waals surface area (Å²) in [4.78, 5) is 4.63. The van der Waals surface area contributed by atoms with Gasteiger partial charge >= 0.3 is 0 Å². The van der Waals surface area contributed by atoms with Crippen molar-refractivity contribution in [2.75, 3.05) is 6.54 Å². The standard InChI is InChI=1S/C24H21Cl2N/c1-3-27-24(22-14-13-21(25)16-23(22)26)15-17(2)18-9-11-20(12-10-18)19-7-5-4-6-8-19/h4-16H,3H2,1-2H3/b17-15+,27-24?. The monoisotopic (exact) mass is 393 g/mol. The van der Waals surface area contributed by atoms with Crippen LogP contribution in [-0.2, 0) is 0 Å². The topological polar surface area (TPSA) is 12.4 Å². The summed E-state index contributed by atoms with van der Waals surface area (Å²) in [5.41, 5.74) is 6.46. The number of benzene rings is 3. The van der Waals surface area contributed by atoms with E-state index in [0.717, 1.165) is 22.4 Å². The molecular formula is C24H21Cl2N. The van der Waals surface area contributed by atoms with Crippen LogP contribution < -0.4 is 0 Å². The van der Waals surface area contributed by atoms with Gasteiger partial charge < -0.3 is 0 Å². The van der Waals surface area contributed by atoms with E-state index in [4.69, 9.17) is 23.2 Å². The van der Waals surface area contributed by atoms with Gasteiger partial charge in [0.25, 0.3) is 0 Å². The number of aliphatic imine (C=N–C) groups is 1. The molecule has 0 amide bonds. The van der Waals surface area contributed by atoms with E-state index in [1.54, 1.807) is 6.07 Å². The Balaban J connectivity index is 1.91. The first-order chi connectivity index (χ1) is 13.1. The van der Waals surface area contributed by atoms with Crippen LogP contribution in [0.3, 0.4) is 0 Å². The van der Waals surface area contributed by atoms with Crippen LogP contribution in [0.4, 0.5) is 0 Å². The quantitative estimate of drug-likeness (QED) is 0.396. The summed E-state index contributed by atoms with van der Waals surface area (Å²) in [7, 11) is 0. The largest absolute Gasteiger partial charge is 0.285 e. The summed E-state index contributed by atoms with van der Waals surface area (Å²) in [6.07, 6.45) is 2.08. The highest BCUT2D eigenvalue weighted by molar-refractivity contribution is 6.37. The molecule has 136 valence electrons. The first-order valence-electron chi connectivity index (χ1n) is 8.92. The molecule has 0 aromatic heterocycles. The van der Waals surface area contributed by atoms with Gasteiger partial charge in [0.05, 0.1) is 10.7 Å². The summed E-state index contributed by atoms with van der Waals surface area (Å²) < 4.78 is 0. The zero-order valence-electron chi connectivity index (χ0n) is 15.4. The maximum absolute atomic E-state index is 6.38. The summed E-state index contributed by atoms with van der Waals surface area (Å²) in [6.45, 7) is 4.79. The van der Waals surface area contributed by atoms with Gasteiger partial charge in [0.15, 0.2) is 0 Å². The summed E-state index contributed by atoms with van der Waals surface area (Å²) in [5.74, 6) is 0. The lowest BCUT2D eigenvalue weighted by Gasteiger charge is -2.09. The average molecular weight is 394 g/mol. The molecule has 3 aromatic rings. The van der Waals surface area contributed by atoms with E-state index in [1.807, 2.05) is 25.1 Å². The molecule has 0 aliphatic heterocycles. The second-order valence-electron chi connectivity index (χ2n) is 6.25. The Bertz CT molecular complexity index is 971. The lowest BCUT2D eigenvalue weighted by atomic mass is 9.99. The van der Waals surface area contributed by atoms with Gasteiger partial charge in [-0.2, -0.15) is 0 Å². The zero-order valence-corrected chi connectivity index (χ0v) is 16.9. The van der Waals surface area contributed by atoms with Crippen molar-refractivity contribution in [3.8, 4) is 11.1 Å². The van der Waals surface area contributed by atoms with Crippen LogP contribution in [0.2, 0.25) is 10.0 Å². The average Bonchev–Trinajstić information content (AvgIpc) is 2.68. The molecule has 1 nitrogen and oxygen atoms in total. The van der Waals surface area contributed by atoms with Crippen LogP contribution in [0, 0.1) is 0 Å². The predicted molar refractivity (Wildman–Crippen MR) is 119 cm³/mol. The molecule has 0 spiro atoms. The predicted octanol–water partition coefficient (Wildman–Crippen LogP) is 7.57. The van der Waals surface area contributed by atoms with Gasteiger partial charge in [-0.05, 0) is 60.4 Å². The highest BCUT2D eigenvalue weighted by atomic mass is 35.5. The highest BCUT2D eigenvalue weighted by Crippen LogP contribution is 2.25. The third-order valence-electron chi connectivity index (χ3n) is 4.34. The third kappa shape index (κ3) is 4.88. The number of rotatable bonds is 5. The van der Waals surface area contributed by atoms with Crippen LogP contribution in [0.15, 0.2) is 83.9 Å². The minimum atomic E-state index is 0.609. The molecule has 3 heteroatoms. The molecule has 0 unspecified atom stereocenters. The molecule has 0 aliphatic rings. The van der Waals surface area contributed by atoms with E-state index in [9.17, 15) is 0 Å². The van der Waals surface area contributed by atoms with Gasteiger partial charge in [0.1, 0.15) is 0 Å². The van der Waals surface area contributed by atoms with Gasteiger partial charge in [-0.1, -0.05) is 77.8 Å². The fraction of sp³-hybridized carbons (Fsp3) is 0.125. The Morgan fingerprint density at radius 2 is 1.56 bits per heavy atom. The molecule has 0 saturated carbocycles. The number of halogens is 2. The van der Waals surface area contributed by atoms with Crippen molar-refractivity contribution in [2.24, 2.45) is 4.99 Å². The lowest BCUT2D eigenvalue weighted by molar-refractivity contribution is 1.13. The van der Waals surface area contributed by atoms with Crippen molar-refractivity contribution in [1.29, 1.82) is 0 Å². The molecule has 0 saturated heterocycles. The zero-order chi connectivity index (χ0) is 19.2. The van der Waals surface area contributed by atoms with Crippen LogP contribution >= 0.6 is 23.2 Å². The fourth-order valence-corrected chi connectivity index (χ4v) is 3.43. The number of nitrogens with zero attached hydrogens (tertiary/aromatic N) is 1. The van der Waals surface area contributed by atoms with Crippen molar-refractivity contribution >= 4 is 34.5 Å². The van der Waals surface area contributed by atoms with Crippen LogP contribution in [-0.4, -0.2) is 12.3 Å². The lowest BCUT2D eigenvalue weighted by Crippen LogP contribution is -2.00. The van der Waals surface area contributed by atoms with Crippen molar-refractivity contribution in [3.05, 3.63) is 100 Å². The minimum absolute atomic E-state index is 0.609. The molecule has 0 heterocycles. The molecule has 0 aliphatic carbocycles. The third-order valence-corrected chi connectivity index (χ3v) is 4.88. The Morgan fingerprint density at radius 3 is 2.19 bits per heavy atom. The first kappa shape index (κ1) is 19.4. The molecule has 0 bridgehead atoms. The molecule has 0 N–H and O–H groups in total. The second-order valence-corrected chi connectivity index (χ2v) is 7.10. The van der Waals surface area contributed by atoms with Gasteiger partial charge in [-0.25, -0.2) is 0 Å². The van der Waals surface area contributed by atoms with Gasteiger partial charge in [0, 0.05) is 17.1 Å². The van der Waals surface area contributed by atoms with Crippen molar-refractivity contribution < 1.29 is 0 Å². The Hall–Kier alpha value is -2.35. The highest BCUT2D eigenvalue weighted by Gasteiger charge is 2.08. The van der Waals surface area contributed by atoms with E-state index in [-0.39, 0.29) is 0 Å². The second kappa shape index (κ2) is 9.03. The van der Waals surface area contributed by atoms with E-state index in [1.165, 1.54) is 11.1 Å². The smallest absolute Gasteiger partial charge is 0.0664 e. The summed E-state index contributed by atoms with van der Waals surface area (Å²) in [6, 6.07) is 24.5. The van der Waals surface area contributed by atoms with Crippen LogP contribution in [0.1, 0.15) is 25.0 Å². The first-order valence-corrected chi connectivity index (χ1v) is 9.68. The molecule has 0 atom stereocenters. The van der Waals surface area contributed by atoms with E-state index >= 15 is 0 Å². The van der Waals surface area contributed by atoms with Gasteiger partial charge in [0.2, 0.25) is 0 Å². The molecule has 3 rings (SSSR count). The fourth-order valence-electron chi connectivity index (χ4n) is 2.92. The summed E-state index contributed by atoms with van der Waals surface area (Å²) in [5, 5.41) is 1.23. The number of hydrogen-bond acceptors (Lipinski definition) is 1. The molecule has 3 aromatic carbocycles. The Kier molecular flexibility index (Phi) is 6.49. The summed E-state index contributed by atoms with van der Waals surface area (Å²) >= 11 is 12.4. The van der Waals surface area contributed by atoms with Gasteiger partial charge in [-0.15, -0.1) is 0 Å². The minimum Gasteiger partial charge on any atom is -0.285 e. The maximum atomic E-state index is 6.38. The maximum Gasteiger partial charge on any atom is 0.0664 e. The van der Waals surface area contributed by atoms with Gasteiger partial charge in [-0.3, -0.25) is 4.99 Å².